The lowest BCUT2D eigenvalue weighted by Crippen LogP contribution is -2.38. The molecule has 7 heteroatoms. The minimum absolute atomic E-state index is 0.0267. The number of carbonyl (C=O) groups excluding carboxylic acids is 1. The van der Waals surface area contributed by atoms with E-state index < -0.39 is 5.82 Å². The highest BCUT2D eigenvalue weighted by atomic mass is 19.1. The third-order valence-corrected chi connectivity index (χ3v) is 3.38. The van der Waals surface area contributed by atoms with Crippen molar-refractivity contribution in [1.82, 2.24) is 20.1 Å². The summed E-state index contributed by atoms with van der Waals surface area (Å²) in [6.45, 7) is 3.58. The number of aliphatic hydroxyl groups is 1. The normalized spacial score (nSPS) is 13.7. The van der Waals surface area contributed by atoms with Gasteiger partial charge in [0, 0.05) is 18.2 Å². The lowest BCUT2D eigenvalue weighted by Gasteiger charge is -2.19. The fraction of sp³-hybridized carbons (Fsp3) is 0.357. The Kier molecular flexibility index (Phi) is 4.64. The van der Waals surface area contributed by atoms with E-state index in [1.54, 1.807) is 6.92 Å². The van der Waals surface area contributed by atoms with Crippen LogP contribution in [0.5, 0.6) is 0 Å². The molecule has 2 N–H and O–H groups in total. The average Bonchev–Trinajstić information content (AvgIpc) is 3.00. The maximum atomic E-state index is 14.0. The summed E-state index contributed by atoms with van der Waals surface area (Å²) >= 11 is 0. The van der Waals surface area contributed by atoms with Crippen LogP contribution >= 0.6 is 0 Å². The van der Waals surface area contributed by atoms with Gasteiger partial charge < -0.3 is 10.4 Å². The van der Waals surface area contributed by atoms with Crippen molar-refractivity contribution in [3.8, 4) is 5.69 Å². The number of aromatic nitrogens is 3. The second kappa shape index (κ2) is 6.45. The molecular weight excluding hydrogens is 275 g/mol. The van der Waals surface area contributed by atoms with Crippen molar-refractivity contribution in [2.75, 3.05) is 6.61 Å². The van der Waals surface area contributed by atoms with Crippen molar-refractivity contribution in [3.63, 3.8) is 0 Å². The number of hydrogen-bond donors (Lipinski definition) is 2. The number of halogens is 1. The van der Waals surface area contributed by atoms with E-state index in [-0.39, 0.29) is 35.7 Å². The van der Waals surface area contributed by atoms with E-state index in [2.05, 4.69) is 15.4 Å². The maximum Gasteiger partial charge on any atom is 0.251 e. The third kappa shape index (κ3) is 3.43. The summed E-state index contributed by atoms with van der Waals surface area (Å²) in [6, 6.07) is 3.94. The predicted molar refractivity (Wildman–Crippen MR) is 74.5 cm³/mol. The largest absolute Gasteiger partial charge is 0.396 e. The Labute approximate surface area is 121 Å². The Balaban J connectivity index is 2.15. The number of hydrogen-bond acceptors (Lipinski definition) is 4. The summed E-state index contributed by atoms with van der Waals surface area (Å²) in [6.07, 6.45) is 2.68. The summed E-state index contributed by atoms with van der Waals surface area (Å²) in [7, 11) is 0. The standard InChI is InChI=1S/C14H17FN4O2/c1-9(6-20)10(2)18-14(21)11-3-4-13(12(15)5-11)19-8-16-7-17-19/h3-5,7-10,20H,6H2,1-2H3,(H,18,21). The summed E-state index contributed by atoms with van der Waals surface area (Å²) in [5, 5.41) is 15.6. The van der Waals surface area contributed by atoms with Gasteiger partial charge in [-0.2, -0.15) is 5.10 Å². The van der Waals surface area contributed by atoms with Crippen LogP contribution in [0, 0.1) is 11.7 Å². The van der Waals surface area contributed by atoms with Crippen molar-refractivity contribution in [2.24, 2.45) is 5.92 Å². The molecule has 2 aromatic rings. The second-order valence-electron chi connectivity index (χ2n) is 4.93. The molecule has 0 radical (unpaired) electrons. The summed E-state index contributed by atoms with van der Waals surface area (Å²) in [4.78, 5) is 15.8. The van der Waals surface area contributed by atoms with E-state index >= 15 is 0 Å². The van der Waals surface area contributed by atoms with Gasteiger partial charge in [-0.3, -0.25) is 4.79 Å². The molecule has 1 aromatic heterocycles. The van der Waals surface area contributed by atoms with Crippen molar-refractivity contribution in [3.05, 3.63) is 42.2 Å². The summed E-state index contributed by atoms with van der Waals surface area (Å²) < 4.78 is 15.3. The van der Waals surface area contributed by atoms with Crippen LogP contribution in [0.25, 0.3) is 5.69 Å². The number of carbonyl (C=O) groups is 1. The first-order valence-corrected chi connectivity index (χ1v) is 6.59. The molecule has 0 aliphatic heterocycles. The van der Waals surface area contributed by atoms with Gasteiger partial charge in [0.25, 0.3) is 5.91 Å². The molecule has 2 rings (SSSR count). The van der Waals surface area contributed by atoms with Crippen molar-refractivity contribution in [2.45, 2.75) is 19.9 Å². The van der Waals surface area contributed by atoms with Crippen LogP contribution in [0.2, 0.25) is 0 Å². The van der Waals surface area contributed by atoms with E-state index in [9.17, 15) is 9.18 Å². The molecular formula is C14H17FN4O2. The molecule has 1 aromatic carbocycles. The van der Waals surface area contributed by atoms with Gasteiger partial charge in [0.1, 0.15) is 24.2 Å². The Hall–Kier alpha value is -2.28. The molecule has 2 unspecified atom stereocenters. The fourth-order valence-corrected chi connectivity index (χ4v) is 1.76. The lowest BCUT2D eigenvalue weighted by atomic mass is 10.0. The SMILES string of the molecule is CC(CO)C(C)NC(=O)c1ccc(-n2cncn2)c(F)c1. The number of aliphatic hydroxyl groups excluding tert-OH is 1. The van der Waals surface area contributed by atoms with Gasteiger partial charge in [-0.25, -0.2) is 14.1 Å². The monoisotopic (exact) mass is 292 g/mol. The van der Waals surface area contributed by atoms with Crippen molar-refractivity contribution < 1.29 is 14.3 Å². The molecule has 2 atom stereocenters. The Morgan fingerprint density at radius 3 is 2.81 bits per heavy atom. The number of amides is 1. The van der Waals surface area contributed by atoms with E-state index in [4.69, 9.17) is 5.11 Å². The van der Waals surface area contributed by atoms with E-state index in [0.29, 0.717) is 0 Å². The molecule has 1 amide bonds. The molecule has 6 nitrogen and oxygen atoms in total. The molecule has 21 heavy (non-hydrogen) atoms. The van der Waals surface area contributed by atoms with Crippen LogP contribution in [0.3, 0.4) is 0 Å². The van der Waals surface area contributed by atoms with Gasteiger partial charge in [-0.15, -0.1) is 0 Å². The van der Waals surface area contributed by atoms with Crippen LogP contribution in [0.15, 0.2) is 30.9 Å². The van der Waals surface area contributed by atoms with Gasteiger partial charge in [0.2, 0.25) is 0 Å². The quantitative estimate of drug-likeness (QED) is 0.866. The van der Waals surface area contributed by atoms with Crippen LogP contribution in [0.4, 0.5) is 4.39 Å². The fourth-order valence-electron chi connectivity index (χ4n) is 1.76. The molecule has 0 aliphatic rings. The summed E-state index contributed by atoms with van der Waals surface area (Å²) in [5.41, 5.74) is 0.439. The first-order valence-electron chi connectivity index (χ1n) is 6.59. The highest BCUT2D eigenvalue weighted by molar-refractivity contribution is 5.94. The first-order chi connectivity index (χ1) is 10.0. The topological polar surface area (TPSA) is 80.0 Å². The molecule has 0 spiro atoms. The predicted octanol–water partition coefficient (Wildman–Crippen LogP) is 1.15. The lowest BCUT2D eigenvalue weighted by molar-refractivity contribution is 0.0916. The zero-order valence-electron chi connectivity index (χ0n) is 11.8. The third-order valence-electron chi connectivity index (χ3n) is 3.38. The molecule has 0 aliphatic carbocycles. The zero-order chi connectivity index (χ0) is 15.4. The molecule has 112 valence electrons. The van der Waals surface area contributed by atoms with Crippen molar-refractivity contribution >= 4 is 5.91 Å². The van der Waals surface area contributed by atoms with Gasteiger partial charge >= 0.3 is 0 Å². The number of nitrogens with zero attached hydrogens (tertiary/aromatic N) is 3. The molecule has 0 fully saturated rings. The van der Waals surface area contributed by atoms with E-state index in [1.807, 2.05) is 6.92 Å². The number of benzene rings is 1. The second-order valence-corrected chi connectivity index (χ2v) is 4.93. The zero-order valence-corrected chi connectivity index (χ0v) is 11.8. The Morgan fingerprint density at radius 2 is 2.24 bits per heavy atom. The molecule has 0 saturated carbocycles. The molecule has 0 bridgehead atoms. The van der Waals surface area contributed by atoms with Crippen LogP contribution in [-0.4, -0.2) is 38.4 Å². The summed E-state index contributed by atoms with van der Waals surface area (Å²) in [5.74, 6) is -1.02. The van der Waals surface area contributed by atoms with Crippen LogP contribution in [-0.2, 0) is 0 Å². The molecule has 1 heterocycles. The highest BCUT2D eigenvalue weighted by Crippen LogP contribution is 2.14. The smallest absolute Gasteiger partial charge is 0.251 e. The minimum Gasteiger partial charge on any atom is -0.396 e. The van der Waals surface area contributed by atoms with Gasteiger partial charge in [0.05, 0.1) is 0 Å². The van der Waals surface area contributed by atoms with Crippen LogP contribution < -0.4 is 5.32 Å². The van der Waals surface area contributed by atoms with E-state index in [0.717, 1.165) is 6.07 Å². The molecule has 0 saturated heterocycles. The minimum atomic E-state index is -0.559. The average molecular weight is 292 g/mol. The Morgan fingerprint density at radius 1 is 1.48 bits per heavy atom. The van der Waals surface area contributed by atoms with Gasteiger partial charge in [0.15, 0.2) is 0 Å². The van der Waals surface area contributed by atoms with Gasteiger partial charge in [-0.1, -0.05) is 6.92 Å². The first kappa shape index (κ1) is 15.1. The number of rotatable bonds is 5. The number of nitrogens with one attached hydrogen (secondary N) is 1. The highest BCUT2D eigenvalue weighted by Gasteiger charge is 2.16. The Bertz CT molecular complexity index is 615. The maximum absolute atomic E-state index is 14.0. The van der Waals surface area contributed by atoms with Gasteiger partial charge in [-0.05, 0) is 31.0 Å². The van der Waals surface area contributed by atoms with E-state index in [1.165, 1.54) is 29.5 Å². The van der Waals surface area contributed by atoms with Crippen LogP contribution in [0.1, 0.15) is 24.2 Å². The van der Waals surface area contributed by atoms with Crippen molar-refractivity contribution in [1.29, 1.82) is 0 Å².